The van der Waals surface area contributed by atoms with Crippen LogP contribution in [0.5, 0.6) is 0 Å². The first kappa shape index (κ1) is 17.0. The summed E-state index contributed by atoms with van der Waals surface area (Å²) in [6, 6.07) is 10.6. The molecule has 136 valence electrons. The molecular formula is C19H22N4O2S. The van der Waals surface area contributed by atoms with Crippen molar-refractivity contribution in [1.29, 1.82) is 0 Å². The molecule has 1 fully saturated rings. The van der Waals surface area contributed by atoms with Gasteiger partial charge in [0.1, 0.15) is 5.82 Å². The van der Waals surface area contributed by atoms with E-state index in [4.69, 9.17) is 0 Å². The number of anilines is 1. The molecule has 2 aromatic heterocycles. The molecule has 1 N–H and O–H groups in total. The number of sulfonamides is 1. The van der Waals surface area contributed by atoms with Crippen molar-refractivity contribution in [3.05, 3.63) is 53.9 Å². The molecule has 1 aliphatic rings. The summed E-state index contributed by atoms with van der Waals surface area (Å²) in [5, 5.41) is 4.54. The zero-order chi connectivity index (χ0) is 18.5. The Kier molecular flexibility index (Phi) is 3.80. The van der Waals surface area contributed by atoms with Gasteiger partial charge in [-0.3, -0.25) is 4.72 Å². The van der Waals surface area contributed by atoms with Gasteiger partial charge in [-0.15, -0.1) is 0 Å². The number of hydrogen-bond acceptors (Lipinski definition) is 4. The summed E-state index contributed by atoms with van der Waals surface area (Å²) in [6.07, 6.45) is 3.85. The minimum absolute atomic E-state index is 0.128. The van der Waals surface area contributed by atoms with E-state index < -0.39 is 10.0 Å². The fourth-order valence-electron chi connectivity index (χ4n) is 2.90. The van der Waals surface area contributed by atoms with E-state index in [2.05, 4.69) is 35.6 Å². The van der Waals surface area contributed by atoms with E-state index in [-0.39, 0.29) is 10.3 Å². The summed E-state index contributed by atoms with van der Waals surface area (Å²) in [4.78, 5) is 4.53. The van der Waals surface area contributed by atoms with Gasteiger partial charge in [0, 0.05) is 18.2 Å². The summed E-state index contributed by atoms with van der Waals surface area (Å²) in [6.45, 7) is 6.17. The molecule has 1 aromatic carbocycles. The van der Waals surface area contributed by atoms with Gasteiger partial charge in [0.2, 0.25) is 0 Å². The van der Waals surface area contributed by atoms with Crippen LogP contribution in [0.3, 0.4) is 0 Å². The van der Waals surface area contributed by atoms with Crippen LogP contribution in [0.1, 0.15) is 50.8 Å². The lowest BCUT2D eigenvalue weighted by atomic mass is 9.87. The van der Waals surface area contributed by atoms with Crippen molar-refractivity contribution >= 4 is 21.5 Å². The molecule has 2 heterocycles. The molecule has 3 aromatic rings. The lowest BCUT2D eigenvalue weighted by Gasteiger charge is -2.20. The van der Waals surface area contributed by atoms with Crippen molar-refractivity contribution in [2.45, 2.75) is 49.8 Å². The first-order chi connectivity index (χ1) is 12.2. The maximum absolute atomic E-state index is 12.9. The normalized spacial score (nSPS) is 15.3. The summed E-state index contributed by atoms with van der Waals surface area (Å²) >= 11 is 0. The largest absolute Gasteiger partial charge is 0.263 e. The predicted molar refractivity (Wildman–Crippen MR) is 101 cm³/mol. The number of nitrogens with zero attached hydrogens (tertiary/aromatic N) is 3. The Hall–Kier alpha value is -2.41. The van der Waals surface area contributed by atoms with Crippen LogP contribution in [0.15, 0.2) is 47.5 Å². The zero-order valence-electron chi connectivity index (χ0n) is 15.1. The topological polar surface area (TPSA) is 76.4 Å². The van der Waals surface area contributed by atoms with Crippen LogP contribution in [0, 0.1) is 0 Å². The molecule has 0 aliphatic heterocycles. The number of benzene rings is 1. The van der Waals surface area contributed by atoms with Gasteiger partial charge in [0.25, 0.3) is 10.0 Å². The van der Waals surface area contributed by atoms with Crippen LogP contribution in [0.25, 0.3) is 5.65 Å². The van der Waals surface area contributed by atoms with Crippen molar-refractivity contribution in [2.24, 2.45) is 0 Å². The van der Waals surface area contributed by atoms with Gasteiger partial charge in [-0.25, -0.2) is 13.4 Å². The fourth-order valence-corrected chi connectivity index (χ4v) is 3.98. The maximum atomic E-state index is 12.9. The summed E-state index contributed by atoms with van der Waals surface area (Å²) in [5.74, 6) is 0.868. The third kappa shape index (κ3) is 3.19. The smallest absolute Gasteiger partial charge is 0.263 e. The molecule has 4 rings (SSSR count). The molecule has 0 bridgehead atoms. The standard InChI is InChI=1S/C19H22N4O2S/c1-19(2,3)14-5-4-6-15(11-14)26(24,25)22-17-9-10-20-18-12-16(13-7-8-13)21-23(17)18/h4-6,9-13,22H,7-8H2,1-3H3. The van der Waals surface area contributed by atoms with Crippen LogP contribution < -0.4 is 4.72 Å². The van der Waals surface area contributed by atoms with E-state index in [0.717, 1.165) is 24.1 Å². The lowest BCUT2D eigenvalue weighted by molar-refractivity contribution is 0.585. The fraction of sp³-hybridized carbons (Fsp3) is 0.368. The second-order valence-electron chi connectivity index (χ2n) is 7.83. The van der Waals surface area contributed by atoms with Gasteiger partial charge >= 0.3 is 0 Å². The molecule has 0 saturated heterocycles. The second kappa shape index (κ2) is 5.81. The molecule has 0 amide bonds. The van der Waals surface area contributed by atoms with Crippen LogP contribution in [-0.2, 0) is 15.4 Å². The highest BCUT2D eigenvalue weighted by Crippen LogP contribution is 2.39. The SMILES string of the molecule is CC(C)(C)c1cccc(S(=O)(=O)Nc2ccnc3cc(C4CC4)nn23)c1. The van der Waals surface area contributed by atoms with E-state index >= 15 is 0 Å². The first-order valence-electron chi connectivity index (χ1n) is 8.72. The van der Waals surface area contributed by atoms with Crippen molar-refractivity contribution < 1.29 is 8.42 Å². The van der Waals surface area contributed by atoms with Gasteiger partial charge in [-0.05, 0) is 42.0 Å². The van der Waals surface area contributed by atoms with Gasteiger partial charge in [-0.2, -0.15) is 9.61 Å². The average molecular weight is 370 g/mol. The maximum Gasteiger partial charge on any atom is 0.263 e. The first-order valence-corrected chi connectivity index (χ1v) is 10.2. The molecule has 0 spiro atoms. The van der Waals surface area contributed by atoms with Gasteiger partial charge < -0.3 is 0 Å². The molecule has 0 atom stereocenters. The van der Waals surface area contributed by atoms with Crippen LogP contribution >= 0.6 is 0 Å². The number of aromatic nitrogens is 3. The molecule has 1 aliphatic carbocycles. The van der Waals surface area contributed by atoms with Crippen molar-refractivity contribution in [3.8, 4) is 0 Å². The minimum atomic E-state index is -3.72. The highest BCUT2D eigenvalue weighted by Gasteiger charge is 2.27. The Labute approximate surface area is 153 Å². The molecule has 0 radical (unpaired) electrons. The minimum Gasteiger partial charge on any atom is -0.263 e. The van der Waals surface area contributed by atoms with E-state index in [9.17, 15) is 8.42 Å². The molecule has 26 heavy (non-hydrogen) atoms. The van der Waals surface area contributed by atoms with E-state index in [1.807, 2.05) is 12.1 Å². The highest BCUT2D eigenvalue weighted by atomic mass is 32.2. The third-order valence-electron chi connectivity index (χ3n) is 4.62. The number of nitrogens with one attached hydrogen (secondary N) is 1. The van der Waals surface area contributed by atoms with Crippen LogP contribution in [-0.4, -0.2) is 23.0 Å². The summed E-state index contributed by atoms with van der Waals surface area (Å²) in [5.41, 5.74) is 2.46. The monoisotopic (exact) mass is 370 g/mol. The van der Waals surface area contributed by atoms with E-state index in [1.54, 1.807) is 35.0 Å². The van der Waals surface area contributed by atoms with Crippen molar-refractivity contribution in [3.63, 3.8) is 0 Å². The van der Waals surface area contributed by atoms with E-state index in [1.165, 1.54) is 0 Å². The zero-order valence-corrected chi connectivity index (χ0v) is 15.9. The lowest BCUT2D eigenvalue weighted by Crippen LogP contribution is -2.17. The van der Waals surface area contributed by atoms with Gasteiger partial charge in [0.05, 0.1) is 10.6 Å². The Morgan fingerprint density at radius 1 is 1.15 bits per heavy atom. The Morgan fingerprint density at radius 2 is 1.92 bits per heavy atom. The number of rotatable bonds is 4. The van der Waals surface area contributed by atoms with Crippen LogP contribution in [0.2, 0.25) is 0 Å². The molecule has 0 unspecified atom stereocenters. The quantitative estimate of drug-likeness (QED) is 0.760. The average Bonchev–Trinajstić information content (AvgIpc) is 3.33. The summed E-state index contributed by atoms with van der Waals surface area (Å²) < 4.78 is 30.0. The highest BCUT2D eigenvalue weighted by molar-refractivity contribution is 7.92. The van der Waals surface area contributed by atoms with Crippen molar-refractivity contribution in [1.82, 2.24) is 14.6 Å². The molecular weight excluding hydrogens is 348 g/mol. The van der Waals surface area contributed by atoms with Gasteiger partial charge in [-0.1, -0.05) is 32.9 Å². The predicted octanol–water partition coefficient (Wildman–Crippen LogP) is 3.71. The van der Waals surface area contributed by atoms with Crippen LogP contribution in [0.4, 0.5) is 5.82 Å². The van der Waals surface area contributed by atoms with Crippen molar-refractivity contribution in [2.75, 3.05) is 4.72 Å². The number of hydrogen-bond donors (Lipinski definition) is 1. The number of fused-ring (bicyclic) bond motifs is 1. The second-order valence-corrected chi connectivity index (χ2v) is 9.51. The molecule has 7 heteroatoms. The third-order valence-corrected chi connectivity index (χ3v) is 5.97. The Bertz CT molecular complexity index is 1080. The van der Waals surface area contributed by atoms with Gasteiger partial charge in [0.15, 0.2) is 5.65 Å². The summed E-state index contributed by atoms with van der Waals surface area (Å²) in [7, 11) is -3.72. The molecule has 6 nitrogen and oxygen atoms in total. The molecule has 1 saturated carbocycles. The Balaban J connectivity index is 1.71. The van der Waals surface area contributed by atoms with E-state index in [0.29, 0.717) is 17.4 Å². The Morgan fingerprint density at radius 3 is 2.62 bits per heavy atom.